The molecule has 0 spiro atoms. The van der Waals surface area contributed by atoms with Gasteiger partial charge in [0, 0.05) is 18.1 Å². The summed E-state index contributed by atoms with van der Waals surface area (Å²) in [5.41, 5.74) is 1.96. The van der Waals surface area contributed by atoms with Crippen LogP contribution in [0.2, 0.25) is 0 Å². The quantitative estimate of drug-likeness (QED) is 0.559. The molecule has 0 radical (unpaired) electrons. The molecule has 0 aliphatic heterocycles. The van der Waals surface area contributed by atoms with Gasteiger partial charge in [-0.25, -0.2) is 4.79 Å². The second-order valence-electron chi connectivity index (χ2n) is 6.19. The molecule has 2 heterocycles. The topological polar surface area (TPSA) is 67.5 Å². The minimum absolute atomic E-state index is 0.392. The van der Waals surface area contributed by atoms with E-state index < -0.39 is 6.16 Å². The van der Waals surface area contributed by atoms with Crippen LogP contribution in [0.25, 0.3) is 10.9 Å². The Morgan fingerprint density at radius 3 is 2.83 bits per heavy atom. The van der Waals surface area contributed by atoms with Gasteiger partial charge in [0.25, 0.3) is 0 Å². The summed E-state index contributed by atoms with van der Waals surface area (Å²) in [7, 11) is 4.06. The molecule has 6 heteroatoms. The highest BCUT2D eigenvalue weighted by Crippen LogP contribution is 2.28. The molecule has 2 aromatic heterocycles. The van der Waals surface area contributed by atoms with E-state index in [1.807, 2.05) is 20.3 Å². The largest absolute Gasteiger partial charge is 0.513 e. The third-order valence-electron chi connectivity index (χ3n) is 3.87. The van der Waals surface area contributed by atoms with Gasteiger partial charge in [-0.3, -0.25) is 4.98 Å². The first-order chi connectivity index (χ1) is 11.6. The van der Waals surface area contributed by atoms with Crippen LogP contribution in [0.4, 0.5) is 4.79 Å². The first-order valence-electron chi connectivity index (χ1n) is 8.55. The average molecular weight is 333 g/mol. The summed E-state index contributed by atoms with van der Waals surface area (Å²) in [6.45, 7) is 3.45. The highest BCUT2D eigenvalue weighted by Gasteiger charge is 2.14. The minimum atomic E-state index is -0.666. The molecule has 24 heavy (non-hydrogen) atoms. The van der Waals surface area contributed by atoms with Gasteiger partial charge in [-0.15, -0.1) is 0 Å². The molecular weight excluding hydrogens is 306 g/mol. The molecule has 6 nitrogen and oxygen atoms in total. The lowest BCUT2D eigenvalue weighted by atomic mass is 10.1. The van der Waals surface area contributed by atoms with Gasteiger partial charge < -0.3 is 19.4 Å². The van der Waals surface area contributed by atoms with E-state index in [4.69, 9.17) is 9.47 Å². The van der Waals surface area contributed by atoms with E-state index >= 15 is 0 Å². The van der Waals surface area contributed by atoms with E-state index in [0.717, 1.165) is 55.1 Å². The standard InChI is InChI=1S/C18H27N3O3/c1-4-5-6-7-10-23-18(22)24-16-13-19-12-15-17(16)14(11-20-15)8-9-21(2)3/h11-13,20H,4-10H2,1-3H3. The Bertz CT molecular complexity index is 652. The number of carbonyl (C=O) groups excluding carboxylic acids is 1. The molecule has 0 unspecified atom stereocenters. The summed E-state index contributed by atoms with van der Waals surface area (Å²) in [4.78, 5) is 21.3. The summed E-state index contributed by atoms with van der Waals surface area (Å²) in [5, 5.41) is 0.898. The third-order valence-corrected chi connectivity index (χ3v) is 3.87. The number of hydrogen-bond acceptors (Lipinski definition) is 5. The molecule has 0 aromatic carbocycles. The summed E-state index contributed by atoms with van der Waals surface area (Å²) in [6, 6.07) is 0. The Hall–Kier alpha value is -2.08. The van der Waals surface area contributed by atoms with E-state index in [-0.39, 0.29) is 0 Å². The van der Waals surface area contributed by atoms with Gasteiger partial charge in [-0.2, -0.15) is 0 Å². The zero-order valence-corrected chi connectivity index (χ0v) is 14.8. The number of ether oxygens (including phenoxy) is 2. The number of likely N-dealkylation sites (N-methyl/N-ethyl adjacent to an activating group) is 1. The van der Waals surface area contributed by atoms with Crippen molar-refractivity contribution >= 4 is 17.1 Å². The Morgan fingerprint density at radius 1 is 1.25 bits per heavy atom. The lowest BCUT2D eigenvalue weighted by Crippen LogP contribution is -2.15. The van der Waals surface area contributed by atoms with Crippen LogP contribution in [0.3, 0.4) is 0 Å². The summed E-state index contributed by atoms with van der Waals surface area (Å²) >= 11 is 0. The lowest BCUT2D eigenvalue weighted by molar-refractivity contribution is 0.0977. The van der Waals surface area contributed by atoms with Gasteiger partial charge in [-0.1, -0.05) is 26.2 Å². The predicted octanol–water partition coefficient (Wildman–Crippen LogP) is 3.76. The number of rotatable bonds is 9. The van der Waals surface area contributed by atoms with Crippen LogP contribution in [-0.4, -0.2) is 48.3 Å². The van der Waals surface area contributed by atoms with Gasteiger partial charge in [0.05, 0.1) is 24.5 Å². The molecule has 1 N–H and O–H groups in total. The summed E-state index contributed by atoms with van der Waals surface area (Å²) < 4.78 is 10.5. The van der Waals surface area contributed by atoms with Crippen molar-refractivity contribution in [1.82, 2.24) is 14.9 Å². The van der Waals surface area contributed by atoms with Crippen molar-refractivity contribution in [2.45, 2.75) is 39.0 Å². The fourth-order valence-electron chi connectivity index (χ4n) is 2.54. The van der Waals surface area contributed by atoms with Gasteiger partial charge in [0.2, 0.25) is 0 Å². The van der Waals surface area contributed by atoms with Gasteiger partial charge in [0.15, 0.2) is 5.75 Å². The average Bonchev–Trinajstić information content (AvgIpc) is 2.97. The number of aromatic amines is 1. The van der Waals surface area contributed by atoms with Gasteiger partial charge in [0.1, 0.15) is 0 Å². The SMILES string of the molecule is CCCCCCOC(=O)Oc1cncc2[nH]cc(CCN(C)C)c12. The number of nitrogens with zero attached hydrogens (tertiary/aromatic N) is 2. The Kier molecular flexibility index (Phi) is 7.06. The zero-order chi connectivity index (χ0) is 17.4. The molecule has 2 aromatic rings. The Morgan fingerprint density at radius 2 is 2.08 bits per heavy atom. The maximum Gasteiger partial charge on any atom is 0.513 e. The van der Waals surface area contributed by atoms with E-state index in [0.29, 0.717) is 12.4 Å². The van der Waals surface area contributed by atoms with Crippen LogP contribution in [0.1, 0.15) is 38.2 Å². The smallest absolute Gasteiger partial charge is 0.434 e. The second kappa shape index (κ2) is 9.27. The number of hydrogen-bond donors (Lipinski definition) is 1. The minimum Gasteiger partial charge on any atom is -0.434 e. The number of H-pyrrole nitrogens is 1. The molecule has 0 saturated carbocycles. The van der Waals surface area contributed by atoms with Crippen LogP contribution in [0.15, 0.2) is 18.6 Å². The van der Waals surface area contributed by atoms with Crippen LogP contribution in [0, 0.1) is 0 Å². The number of aromatic nitrogens is 2. The van der Waals surface area contributed by atoms with Crippen molar-refractivity contribution in [3.05, 3.63) is 24.2 Å². The molecule has 0 aliphatic rings. The maximum absolute atomic E-state index is 11.9. The molecule has 0 atom stereocenters. The molecule has 0 fully saturated rings. The fraction of sp³-hybridized carbons (Fsp3) is 0.556. The van der Waals surface area contributed by atoms with Crippen LogP contribution in [0.5, 0.6) is 5.75 Å². The first kappa shape index (κ1) is 18.3. The summed E-state index contributed by atoms with van der Waals surface area (Å²) in [5.74, 6) is 0.445. The lowest BCUT2D eigenvalue weighted by Gasteiger charge is -2.10. The van der Waals surface area contributed by atoms with Crippen molar-refractivity contribution in [2.24, 2.45) is 0 Å². The first-order valence-corrected chi connectivity index (χ1v) is 8.55. The maximum atomic E-state index is 11.9. The molecule has 0 amide bonds. The van der Waals surface area contributed by atoms with Gasteiger partial charge in [-0.05, 0) is 32.5 Å². The summed E-state index contributed by atoms with van der Waals surface area (Å²) in [6.07, 6.45) is 9.67. The number of unbranched alkanes of at least 4 members (excludes halogenated alkanes) is 3. The number of pyridine rings is 1. The highest BCUT2D eigenvalue weighted by molar-refractivity contribution is 5.89. The van der Waals surface area contributed by atoms with Crippen molar-refractivity contribution in [3.63, 3.8) is 0 Å². The molecule has 0 bridgehead atoms. The van der Waals surface area contributed by atoms with Crippen molar-refractivity contribution in [1.29, 1.82) is 0 Å². The Labute approximate surface area is 143 Å². The fourth-order valence-corrected chi connectivity index (χ4v) is 2.54. The van der Waals surface area contributed by atoms with Crippen molar-refractivity contribution in [2.75, 3.05) is 27.2 Å². The molecule has 0 aliphatic carbocycles. The zero-order valence-electron chi connectivity index (χ0n) is 14.8. The van der Waals surface area contributed by atoms with E-state index in [1.54, 1.807) is 12.4 Å². The van der Waals surface area contributed by atoms with Crippen LogP contribution in [-0.2, 0) is 11.2 Å². The van der Waals surface area contributed by atoms with Crippen LogP contribution < -0.4 is 4.74 Å². The highest BCUT2D eigenvalue weighted by atomic mass is 16.7. The molecule has 132 valence electrons. The monoisotopic (exact) mass is 333 g/mol. The number of nitrogens with one attached hydrogen (secondary N) is 1. The molecule has 2 rings (SSSR count). The van der Waals surface area contributed by atoms with E-state index in [1.165, 1.54) is 0 Å². The molecular formula is C18H27N3O3. The van der Waals surface area contributed by atoms with Crippen molar-refractivity contribution < 1.29 is 14.3 Å². The van der Waals surface area contributed by atoms with Crippen molar-refractivity contribution in [3.8, 4) is 5.75 Å². The Balaban J connectivity index is 2.00. The predicted molar refractivity (Wildman–Crippen MR) is 94.5 cm³/mol. The molecule has 0 saturated heterocycles. The van der Waals surface area contributed by atoms with E-state index in [9.17, 15) is 4.79 Å². The number of carbonyl (C=O) groups is 1. The second-order valence-corrected chi connectivity index (χ2v) is 6.19. The van der Waals surface area contributed by atoms with E-state index in [2.05, 4.69) is 21.8 Å². The van der Waals surface area contributed by atoms with Crippen LogP contribution >= 0.6 is 0 Å². The normalized spacial score (nSPS) is 11.2. The number of fused-ring (bicyclic) bond motifs is 1. The van der Waals surface area contributed by atoms with Gasteiger partial charge >= 0.3 is 6.16 Å². The third kappa shape index (κ3) is 5.23.